The maximum Gasteiger partial charge on any atom is 0.254 e. The van der Waals surface area contributed by atoms with Crippen LogP contribution in [0.5, 0.6) is 0 Å². The van der Waals surface area contributed by atoms with Gasteiger partial charge in [0.1, 0.15) is 0 Å². The lowest BCUT2D eigenvalue weighted by atomic mass is 10.1. The monoisotopic (exact) mass is 310 g/mol. The van der Waals surface area contributed by atoms with E-state index < -0.39 is 0 Å². The van der Waals surface area contributed by atoms with Gasteiger partial charge in [-0.2, -0.15) is 0 Å². The second-order valence-corrected chi connectivity index (χ2v) is 5.81. The third kappa shape index (κ3) is 3.35. The van der Waals surface area contributed by atoms with Gasteiger partial charge in [0.05, 0.1) is 5.69 Å². The first-order valence-corrected chi connectivity index (χ1v) is 7.94. The second kappa shape index (κ2) is 6.79. The molecule has 0 bridgehead atoms. The van der Waals surface area contributed by atoms with Crippen LogP contribution < -0.4 is 10.6 Å². The maximum atomic E-state index is 12.6. The van der Waals surface area contributed by atoms with Crippen molar-refractivity contribution in [3.8, 4) is 0 Å². The number of pyridine rings is 1. The Kier molecular flexibility index (Phi) is 4.57. The Labute approximate surface area is 136 Å². The fourth-order valence-corrected chi connectivity index (χ4v) is 2.97. The van der Waals surface area contributed by atoms with Crippen molar-refractivity contribution in [1.29, 1.82) is 0 Å². The van der Waals surface area contributed by atoms with Crippen LogP contribution >= 0.6 is 0 Å². The number of rotatable bonds is 3. The largest absolute Gasteiger partial charge is 0.368 e. The van der Waals surface area contributed by atoms with Crippen molar-refractivity contribution in [3.05, 3.63) is 59.4 Å². The Bertz CT molecular complexity index is 693. The van der Waals surface area contributed by atoms with Crippen molar-refractivity contribution in [2.45, 2.75) is 13.5 Å². The highest BCUT2D eigenvalue weighted by molar-refractivity contribution is 5.94. The number of aromatic nitrogens is 1. The quantitative estimate of drug-likeness (QED) is 0.939. The highest BCUT2D eigenvalue weighted by Crippen LogP contribution is 2.21. The Balaban J connectivity index is 1.66. The second-order valence-electron chi connectivity index (χ2n) is 5.81. The average Bonchev–Trinajstić information content (AvgIpc) is 2.62. The van der Waals surface area contributed by atoms with Crippen molar-refractivity contribution < 1.29 is 4.79 Å². The molecule has 120 valence electrons. The molecule has 5 heteroatoms. The fraction of sp³-hybridized carbons (Fsp3) is 0.333. The van der Waals surface area contributed by atoms with Gasteiger partial charge >= 0.3 is 0 Å². The van der Waals surface area contributed by atoms with Gasteiger partial charge in [0.2, 0.25) is 0 Å². The number of aryl methyl sites for hydroxylation is 1. The normalized spacial score (nSPS) is 14.9. The number of anilines is 1. The van der Waals surface area contributed by atoms with Crippen LogP contribution in [0.4, 0.5) is 5.69 Å². The van der Waals surface area contributed by atoms with Crippen molar-refractivity contribution in [2.24, 2.45) is 5.73 Å². The number of hydrogen-bond acceptors (Lipinski definition) is 4. The van der Waals surface area contributed by atoms with E-state index in [4.69, 9.17) is 5.73 Å². The van der Waals surface area contributed by atoms with Crippen LogP contribution in [0, 0.1) is 6.92 Å². The van der Waals surface area contributed by atoms with Crippen molar-refractivity contribution in [2.75, 3.05) is 31.1 Å². The number of piperazine rings is 1. The molecule has 1 aliphatic heterocycles. The van der Waals surface area contributed by atoms with Crippen LogP contribution in [-0.4, -0.2) is 42.0 Å². The highest BCUT2D eigenvalue weighted by atomic mass is 16.2. The van der Waals surface area contributed by atoms with Crippen molar-refractivity contribution in [1.82, 2.24) is 9.88 Å². The lowest BCUT2D eigenvalue weighted by Gasteiger charge is -2.36. The van der Waals surface area contributed by atoms with Crippen LogP contribution in [-0.2, 0) is 6.54 Å². The molecule has 0 spiro atoms. The number of nitrogens with two attached hydrogens (primary N) is 1. The molecule has 2 heterocycles. The minimum atomic E-state index is 0.0616. The predicted molar refractivity (Wildman–Crippen MR) is 91.4 cm³/mol. The summed E-state index contributed by atoms with van der Waals surface area (Å²) < 4.78 is 0. The topological polar surface area (TPSA) is 62.5 Å². The smallest absolute Gasteiger partial charge is 0.254 e. The van der Waals surface area contributed by atoms with Crippen LogP contribution in [0.1, 0.15) is 21.6 Å². The van der Waals surface area contributed by atoms with E-state index in [9.17, 15) is 4.79 Å². The molecule has 1 aliphatic rings. The van der Waals surface area contributed by atoms with E-state index in [0.717, 1.165) is 31.9 Å². The molecular weight excluding hydrogens is 288 g/mol. The molecule has 2 aromatic rings. The lowest BCUT2D eigenvalue weighted by Crippen LogP contribution is -2.49. The Morgan fingerprint density at radius 1 is 1.17 bits per heavy atom. The fourth-order valence-electron chi connectivity index (χ4n) is 2.97. The van der Waals surface area contributed by atoms with Crippen LogP contribution in [0.15, 0.2) is 42.6 Å². The van der Waals surface area contributed by atoms with E-state index in [0.29, 0.717) is 12.1 Å². The molecule has 1 amide bonds. The molecule has 1 fully saturated rings. The molecule has 1 aromatic heterocycles. The first-order chi connectivity index (χ1) is 11.2. The molecule has 0 aliphatic carbocycles. The summed E-state index contributed by atoms with van der Waals surface area (Å²) in [4.78, 5) is 21.0. The van der Waals surface area contributed by atoms with Gasteiger partial charge in [-0.25, -0.2) is 0 Å². The third-order valence-corrected chi connectivity index (χ3v) is 4.30. The average molecular weight is 310 g/mol. The molecule has 0 saturated carbocycles. The van der Waals surface area contributed by atoms with Gasteiger partial charge in [-0.1, -0.05) is 18.2 Å². The van der Waals surface area contributed by atoms with Crippen LogP contribution in [0.2, 0.25) is 0 Å². The molecule has 0 unspecified atom stereocenters. The minimum absolute atomic E-state index is 0.0616. The lowest BCUT2D eigenvalue weighted by molar-refractivity contribution is 0.0746. The molecule has 0 radical (unpaired) electrons. The number of benzene rings is 1. The van der Waals surface area contributed by atoms with E-state index in [1.807, 2.05) is 4.90 Å². The summed E-state index contributed by atoms with van der Waals surface area (Å²) in [6.07, 6.45) is 1.65. The summed E-state index contributed by atoms with van der Waals surface area (Å²) in [5, 5.41) is 0. The summed E-state index contributed by atoms with van der Waals surface area (Å²) in [5.41, 5.74) is 9.55. The van der Waals surface area contributed by atoms with Crippen molar-refractivity contribution in [3.63, 3.8) is 0 Å². The number of nitrogens with zero attached hydrogens (tertiary/aromatic N) is 3. The van der Waals surface area contributed by atoms with Gasteiger partial charge in [0, 0.05) is 50.2 Å². The van der Waals surface area contributed by atoms with E-state index in [-0.39, 0.29) is 5.91 Å². The van der Waals surface area contributed by atoms with E-state index in [1.165, 1.54) is 11.3 Å². The number of carbonyl (C=O) groups excluding carboxylic acids is 1. The molecule has 3 rings (SSSR count). The SMILES string of the molecule is Cc1ccccc1N1CCN(C(=O)c2ccnc(CN)c2)CC1. The van der Waals surface area contributed by atoms with Gasteiger partial charge in [-0.3, -0.25) is 9.78 Å². The van der Waals surface area contributed by atoms with E-state index >= 15 is 0 Å². The zero-order chi connectivity index (χ0) is 16.2. The number of hydrogen-bond donors (Lipinski definition) is 1. The Morgan fingerprint density at radius 2 is 1.91 bits per heavy atom. The Morgan fingerprint density at radius 3 is 2.61 bits per heavy atom. The highest BCUT2D eigenvalue weighted by Gasteiger charge is 2.23. The standard InChI is InChI=1S/C18H22N4O/c1-14-4-2-3-5-17(14)21-8-10-22(11-9-21)18(23)15-6-7-20-16(12-15)13-19/h2-7,12H,8-11,13,19H2,1H3. The number of carbonyl (C=O) groups is 1. The summed E-state index contributed by atoms with van der Waals surface area (Å²) in [5.74, 6) is 0.0616. The summed E-state index contributed by atoms with van der Waals surface area (Å²) >= 11 is 0. The molecule has 1 aromatic carbocycles. The molecule has 0 atom stereocenters. The van der Waals surface area contributed by atoms with Gasteiger partial charge < -0.3 is 15.5 Å². The van der Waals surface area contributed by atoms with E-state index in [2.05, 4.69) is 41.1 Å². The first kappa shape index (κ1) is 15.5. The predicted octanol–water partition coefficient (Wildman–Crippen LogP) is 1.81. The van der Waals surface area contributed by atoms with Gasteiger partial charge in [0.25, 0.3) is 5.91 Å². The summed E-state index contributed by atoms with van der Waals surface area (Å²) in [7, 11) is 0. The molecule has 1 saturated heterocycles. The zero-order valence-corrected chi connectivity index (χ0v) is 13.4. The van der Waals surface area contributed by atoms with Gasteiger partial charge in [-0.05, 0) is 30.7 Å². The van der Waals surface area contributed by atoms with Crippen LogP contribution in [0.3, 0.4) is 0 Å². The Hall–Kier alpha value is -2.40. The van der Waals surface area contributed by atoms with Crippen LogP contribution in [0.25, 0.3) is 0 Å². The molecular formula is C18H22N4O. The van der Waals surface area contributed by atoms with Gasteiger partial charge in [-0.15, -0.1) is 0 Å². The van der Waals surface area contributed by atoms with Gasteiger partial charge in [0.15, 0.2) is 0 Å². The molecule has 23 heavy (non-hydrogen) atoms. The first-order valence-electron chi connectivity index (χ1n) is 7.94. The summed E-state index contributed by atoms with van der Waals surface area (Å²) in [6.45, 7) is 5.64. The number of amides is 1. The van der Waals surface area contributed by atoms with E-state index in [1.54, 1.807) is 18.3 Å². The molecule has 2 N–H and O–H groups in total. The zero-order valence-electron chi connectivity index (χ0n) is 13.4. The third-order valence-electron chi connectivity index (χ3n) is 4.30. The molecule has 5 nitrogen and oxygen atoms in total. The minimum Gasteiger partial charge on any atom is -0.368 e. The number of para-hydroxylation sites is 1. The maximum absolute atomic E-state index is 12.6. The van der Waals surface area contributed by atoms with Crippen molar-refractivity contribution >= 4 is 11.6 Å². The summed E-state index contributed by atoms with van der Waals surface area (Å²) in [6, 6.07) is 11.9.